The van der Waals surface area contributed by atoms with Crippen molar-refractivity contribution in [3.63, 3.8) is 0 Å². The van der Waals surface area contributed by atoms with E-state index in [0.29, 0.717) is 0 Å². The maximum absolute atomic E-state index is 12.0. The number of methoxy groups -OCH3 is 1. The molecule has 3 saturated heterocycles. The first-order valence-corrected chi connectivity index (χ1v) is 14.5. The second kappa shape index (κ2) is 15.4. The zero-order valence-corrected chi connectivity index (χ0v) is 25.2. The van der Waals surface area contributed by atoms with Crippen LogP contribution in [0.3, 0.4) is 0 Å². The average Bonchev–Trinajstić information content (AvgIpc) is 3.05. The Morgan fingerprint density at radius 3 is 1.96 bits per heavy atom. The molecule has 3 fully saturated rings. The zero-order valence-electron chi connectivity index (χ0n) is 25.2. The molecule has 0 radical (unpaired) electrons. The number of aliphatic hydroxyl groups excluding tert-OH is 9. The summed E-state index contributed by atoms with van der Waals surface area (Å²) in [6.07, 6.45) is -22.6. The molecule has 3 aliphatic rings. The Kier molecular flexibility index (Phi) is 12.2. The summed E-state index contributed by atoms with van der Waals surface area (Å²) >= 11 is 0. The molecule has 15 atom stereocenters. The fourth-order valence-electron chi connectivity index (χ4n) is 5.85. The summed E-state index contributed by atoms with van der Waals surface area (Å²) in [4.78, 5) is 22.6. The van der Waals surface area contributed by atoms with E-state index in [9.17, 15) is 60.9 Å². The number of hydrogen-bond acceptors (Lipinski definition) is 18. The van der Waals surface area contributed by atoms with Crippen molar-refractivity contribution in [2.45, 2.75) is 98.5 Å². The zero-order chi connectivity index (χ0) is 34.8. The highest BCUT2D eigenvalue weighted by molar-refractivity contribution is 5.73. The fourth-order valence-corrected chi connectivity index (χ4v) is 5.85. The molecule has 0 bridgehead atoms. The second-order valence-electron chi connectivity index (χ2n) is 11.3. The molecule has 47 heavy (non-hydrogen) atoms. The van der Waals surface area contributed by atoms with Crippen molar-refractivity contribution < 1.29 is 84.1 Å². The molecular formula is C27H40N2O18. The molecule has 0 spiro atoms. The van der Waals surface area contributed by atoms with Crippen LogP contribution >= 0.6 is 0 Å². The number of nitro groups is 1. The summed E-state index contributed by atoms with van der Waals surface area (Å²) in [6, 6.07) is 2.71. The highest BCUT2D eigenvalue weighted by Gasteiger charge is 2.60. The van der Waals surface area contributed by atoms with Crippen molar-refractivity contribution in [2.24, 2.45) is 0 Å². The van der Waals surface area contributed by atoms with E-state index in [1.54, 1.807) is 0 Å². The third-order valence-corrected chi connectivity index (χ3v) is 8.33. The maximum Gasteiger partial charge on any atom is 0.269 e. The van der Waals surface area contributed by atoms with Crippen molar-refractivity contribution in [2.75, 3.05) is 26.9 Å². The molecule has 1 aromatic carbocycles. The van der Waals surface area contributed by atoms with Gasteiger partial charge in [-0.25, -0.2) is 0 Å². The van der Waals surface area contributed by atoms with Crippen LogP contribution in [0.25, 0.3) is 0 Å². The molecule has 3 heterocycles. The first-order chi connectivity index (χ1) is 22.2. The van der Waals surface area contributed by atoms with Gasteiger partial charge in [0.05, 0.1) is 24.7 Å². The summed E-state index contributed by atoms with van der Waals surface area (Å²) < 4.78 is 34.8. The summed E-state index contributed by atoms with van der Waals surface area (Å²) in [6.45, 7) is -1.41. The van der Waals surface area contributed by atoms with Crippen molar-refractivity contribution in [3.05, 3.63) is 39.9 Å². The largest absolute Gasteiger partial charge is 0.394 e. The SMILES string of the molecule is CO[C@H]1[C@H](O)[C@H](O[C@@H]2O[C@H](CO)[C@@H](O)[C@H](O)[C@H]2NC(C)=O)[C@@H](O[C@]2(c3ccc([N+](=O)[O-])cc3)O[C@H](CO)[C@@H](O)[C@H](O)[C@H]2O)O[C@@H]1CO. The molecule has 20 nitrogen and oxygen atoms in total. The van der Waals surface area contributed by atoms with Gasteiger partial charge in [0.25, 0.3) is 5.69 Å². The van der Waals surface area contributed by atoms with Crippen molar-refractivity contribution in [1.82, 2.24) is 5.32 Å². The van der Waals surface area contributed by atoms with Gasteiger partial charge in [-0.15, -0.1) is 0 Å². The molecule has 3 aliphatic heterocycles. The molecule has 0 aromatic heterocycles. The van der Waals surface area contributed by atoms with Crippen LogP contribution in [0.4, 0.5) is 5.69 Å². The predicted octanol–water partition coefficient (Wildman–Crippen LogP) is -5.34. The minimum Gasteiger partial charge on any atom is -0.394 e. The Bertz CT molecular complexity index is 1210. The highest BCUT2D eigenvalue weighted by Crippen LogP contribution is 2.43. The fraction of sp³-hybridized carbons (Fsp3) is 0.741. The standard InChI is InChI=1S/C27H40N2O18/c1-10(33)28-16-19(36)17(34)13(7-30)43-25(16)45-23-21(38)22(42-2)15(9-32)44-26(23)47-27(11-3-5-12(6-4-11)29(40)41)24(39)20(37)18(35)14(8-31)46-27/h3-6,13-26,30-32,34-39H,7-9H2,1-2H3,(H,28,33)/t13-,14-,15-,16-,17-,18-,19-,20+,21+,22-,23+,24-,25+,26-,27+/m1/s1. The van der Waals surface area contributed by atoms with Crippen LogP contribution in [0, 0.1) is 10.1 Å². The van der Waals surface area contributed by atoms with Gasteiger partial charge in [-0.2, -0.15) is 0 Å². The van der Waals surface area contributed by atoms with E-state index in [1.165, 1.54) is 7.11 Å². The first-order valence-electron chi connectivity index (χ1n) is 14.5. The Hall–Kier alpha value is -2.51. The van der Waals surface area contributed by atoms with E-state index in [0.717, 1.165) is 31.2 Å². The van der Waals surface area contributed by atoms with Crippen LogP contribution in [-0.2, 0) is 39.0 Å². The van der Waals surface area contributed by atoms with Crippen molar-refractivity contribution in [1.29, 1.82) is 0 Å². The Morgan fingerprint density at radius 1 is 0.851 bits per heavy atom. The van der Waals surface area contributed by atoms with Crippen LogP contribution < -0.4 is 5.32 Å². The molecule has 0 aliphatic carbocycles. The number of aliphatic hydroxyl groups is 9. The number of nitro benzene ring substituents is 1. The monoisotopic (exact) mass is 680 g/mol. The normalized spacial score (nSPS) is 42.5. The molecule has 20 heteroatoms. The van der Waals surface area contributed by atoms with Crippen molar-refractivity contribution in [3.8, 4) is 0 Å². The molecule has 0 saturated carbocycles. The molecule has 1 aromatic rings. The minimum absolute atomic E-state index is 0.199. The Balaban J connectivity index is 1.81. The molecule has 266 valence electrons. The van der Waals surface area contributed by atoms with Crippen LogP contribution in [0.5, 0.6) is 0 Å². The number of carbonyl (C=O) groups is 1. The van der Waals surface area contributed by atoms with Crippen LogP contribution in [0.15, 0.2) is 24.3 Å². The molecule has 10 N–H and O–H groups in total. The van der Waals surface area contributed by atoms with E-state index in [4.69, 9.17) is 28.4 Å². The van der Waals surface area contributed by atoms with Gasteiger partial charge >= 0.3 is 0 Å². The number of hydrogen-bond donors (Lipinski definition) is 10. The van der Waals surface area contributed by atoms with Crippen LogP contribution in [0.1, 0.15) is 12.5 Å². The minimum atomic E-state index is -2.62. The quantitative estimate of drug-likeness (QED) is 0.0770. The summed E-state index contributed by atoms with van der Waals surface area (Å²) in [5, 5.41) is 109. The summed E-state index contributed by atoms with van der Waals surface area (Å²) in [5.41, 5.74) is -0.588. The van der Waals surface area contributed by atoms with Gasteiger partial charge in [-0.05, 0) is 12.1 Å². The van der Waals surface area contributed by atoms with E-state index in [1.807, 2.05) is 0 Å². The van der Waals surface area contributed by atoms with Gasteiger partial charge in [-0.1, -0.05) is 0 Å². The molecule has 4 rings (SSSR count). The van der Waals surface area contributed by atoms with E-state index in [2.05, 4.69) is 5.32 Å². The number of nitrogens with one attached hydrogen (secondary N) is 1. The van der Waals surface area contributed by atoms with Gasteiger partial charge in [0.1, 0.15) is 73.2 Å². The second-order valence-corrected chi connectivity index (χ2v) is 11.3. The van der Waals surface area contributed by atoms with E-state index in [-0.39, 0.29) is 11.3 Å². The Labute approximate surface area is 266 Å². The first kappa shape index (κ1) is 37.3. The number of benzene rings is 1. The smallest absolute Gasteiger partial charge is 0.269 e. The topological polar surface area (TPSA) is 310 Å². The van der Waals surface area contributed by atoms with Crippen molar-refractivity contribution >= 4 is 11.6 Å². The number of carbonyl (C=O) groups excluding carboxylic acids is 1. The molecule has 1 amide bonds. The van der Waals surface area contributed by atoms with Crippen LogP contribution in [0.2, 0.25) is 0 Å². The number of non-ortho nitro benzene ring substituents is 1. The van der Waals surface area contributed by atoms with E-state index < -0.39 is 122 Å². The lowest BCUT2D eigenvalue weighted by molar-refractivity contribution is -0.440. The molecular weight excluding hydrogens is 640 g/mol. The lowest BCUT2D eigenvalue weighted by atomic mass is 9.87. The number of nitrogens with zero attached hydrogens (tertiary/aromatic N) is 1. The predicted molar refractivity (Wildman–Crippen MR) is 149 cm³/mol. The van der Waals surface area contributed by atoms with Gasteiger partial charge in [-0.3, -0.25) is 14.9 Å². The Morgan fingerprint density at radius 2 is 1.43 bits per heavy atom. The van der Waals surface area contributed by atoms with Crippen LogP contribution in [-0.4, -0.2) is 169 Å². The lowest BCUT2D eigenvalue weighted by Crippen LogP contribution is -2.70. The van der Waals surface area contributed by atoms with Gasteiger partial charge in [0.2, 0.25) is 11.7 Å². The maximum atomic E-state index is 12.0. The third-order valence-electron chi connectivity index (χ3n) is 8.33. The highest BCUT2D eigenvalue weighted by atomic mass is 16.8. The van der Waals surface area contributed by atoms with Gasteiger partial charge < -0.3 is 79.7 Å². The lowest BCUT2D eigenvalue weighted by Gasteiger charge is -2.52. The number of ether oxygens (including phenoxy) is 6. The molecule has 0 unspecified atom stereocenters. The summed E-state index contributed by atoms with van der Waals surface area (Å²) in [5.74, 6) is -3.32. The number of amides is 1. The van der Waals surface area contributed by atoms with Gasteiger partial charge in [0, 0.05) is 31.7 Å². The van der Waals surface area contributed by atoms with Gasteiger partial charge in [0.15, 0.2) is 12.6 Å². The van der Waals surface area contributed by atoms with E-state index >= 15 is 0 Å². The average molecular weight is 681 g/mol. The summed E-state index contributed by atoms with van der Waals surface area (Å²) in [7, 11) is 1.17. The number of rotatable bonds is 11. The third kappa shape index (κ3) is 7.27.